The van der Waals surface area contributed by atoms with Gasteiger partial charge in [0.25, 0.3) is 11.4 Å². The maximum atomic E-state index is 11.9. The highest BCUT2D eigenvalue weighted by Crippen LogP contribution is 2.24. The van der Waals surface area contributed by atoms with Crippen LogP contribution in [0.25, 0.3) is 11.6 Å². The van der Waals surface area contributed by atoms with Crippen LogP contribution >= 0.6 is 0 Å². The van der Waals surface area contributed by atoms with E-state index in [9.17, 15) is 9.59 Å². The van der Waals surface area contributed by atoms with E-state index in [-0.39, 0.29) is 11.8 Å². The predicted molar refractivity (Wildman–Crippen MR) is 68.4 cm³/mol. The van der Waals surface area contributed by atoms with Crippen LogP contribution in [-0.2, 0) is 18.8 Å². The van der Waals surface area contributed by atoms with Crippen LogP contribution < -0.4 is 11.2 Å². The number of rotatable bonds is 2. The van der Waals surface area contributed by atoms with Crippen molar-refractivity contribution in [2.24, 2.45) is 14.1 Å². The zero-order valence-electron chi connectivity index (χ0n) is 11.2. The van der Waals surface area contributed by atoms with Gasteiger partial charge in [-0.1, -0.05) is 5.16 Å². The Bertz CT molecular complexity index is 752. The zero-order valence-corrected chi connectivity index (χ0v) is 11.2. The topological polar surface area (TPSA) is 92.2 Å². The molecule has 1 saturated heterocycles. The minimum atomic E-state index is -0.434. The van der Waals surface area contributed by atoms with Gasteiger partial charge in [0, 0.05) is 32.7 Å². The van der Waals surface area contributed by atoms with E-state index in [2.05, 4.69) is 10.1 Å². The Morgan fingerprint density at radius 1 is 1.30 bits per heavy atom. The van der Waals surface area contributed by atoms with E-state index in [4.69, 9.17) is 9.26 Å². The monoisotopic (exact) mass is 278 g/mol. The summed E-state index contributed by atoms with van der Waals surface area (Å²) in [6.45, 7) is 1.24. The van der Waals surface area contributed by atoms with Crippen molar-refractivity contribution < 1.29 is 9.26 Å². The largest absolute Gasteiger partial charge is 0.381 e. The van der Waals surface area contributed by atoms with Crippen LogP contribution in [0.3, 0.4) is 0 Å². The van der Waals surface area contributed by atoms with E-state index in [0.717, 1.165) is 11.0 Å². The molecule has 1 fully saturated rings. The zero-order chi connectivity index (χ0) is 14.3. The predicted octanol–water partition coefficient (Wildman–Crippen LogP) is -0.362. The molecule has 1 aliphatic rings. The standard InChI is InChI=1S/C12H14N4O4/c1-15-8(5-9(17)16(2)12(15)18)11-13-10(14-20-11)7-3-4-19-6-7/h5,7H,3-4,6H2,1-2H3. The van der Waals surface area contributed by atoms with Crippen LogP contribution in [-0.4, -0.2) is 32.5 Å². The molecule has 0 radical (unpaired) electrons. The Labute approximate surface area is 113 Å². The van der Waals surface area contributed by atoms with Gasteiger partial charge in [0.2, 0.25) is 0 Å². The van der Waals surface area contributed by atoms with Crippen LogP contribution in [0.1, 0.15) is 18.2 Å². The maximum absolute atomic E-state index is 11.9. The molecule has 0 bridgehead atoms. The van der Waals surface area contributed by atoms with Crippen LogP contribution in [0.2, 0.25) is 0 Å². The van der Waals surface area contributed by atoms with Gasteiger partial charge in [-0.3, -0.25) is 13.9 Å². The molecule has 20 heavy (non-hydrogen) atoms. The molecule has 0 aromatic carbocycles. The van der Waals surface area contributed by atoms with Crippen molar-refractivity contribution in [1.82, 2.24) is 19.3 Å². The minimum absolute atomic E-state index is 0.107. The first kappa shape index (κ1) is 12.8. The van der Waals surface area contributed by atoms with Gasteiger partial charge >= 0.3 is 5.69 Å². The highest BCUT2D eigenvalue weighted by molar-refractivity contribution is 5.46. The number of hydrogen-bond donors (Lipinski definition) is 0. The highest BCUT2D eigenvalue weighted by Gasteiger charge is 2.24. The lowest BCUT2D eigenvalue weighted by Gasteiger charge is -2.05. The maximum Gasteiger partial charge on any atom is 0.331 e. The summed E-state index contributed by atoms with van der Waals surface area (Å²) in [5, 5.41) is 3.91. The van der Waals surface area contributed by atoms with E-state index in [1.165, 1.54) is 17.7 Å². The number of ether oxygens (including phenoxy) is 1. The summed E-state index contributed by atoms with van der Waals surface area (Å²) < 4.78 is 12.8. The summed E-state index contributed by atoms with van der Waals surface area (Å²) in [6, 6.07) is 1.31. The molecule has 0 aliphatic carbocycles. The van der Waals surface area contributed by atoms with Crippen molar-refractivity contribution in [1.29, 1.82) is 0 Å². The van der Waals surface area contributed by atoms with Gasteiger partial charge in [-0.25, -0.2) is 4.79 Å². The second-order valence-electron chi connectivity index (χ2n) is 4.79. The molecule has 3 rings (SSSR count). The molecule has 2 aromatic rings. The normalized spacial score (nSPS) is 18.6. The molecule has 0 saturated carbocycles. The minimum Gasteiger partial charge on any atom is -0.381 e. The number of nitrogens with zero attached hydrogens (tertiary/aromatic N) is 4. The Balaban J connectivity index is 2.06. The van der Waals surface area contributed by atoms with E-state index >= 15 is 0 Å². The Kier molecular flexibility index (Phi) is 3.01. The van der Waals surface area contributed by atoms with Crippen LogP contribution in [0.5, 0.6) is 0 Å². The van der Waals surface area contributed by atoms with Crippen LogP contribution in [0.15, 0.2) is 20.2 Å². The van der Waals surface area contributed by atoms with Crippen molar-refractivity contribution in [2.75, 3.05) is 13.2 Å². The van der Waals surface area contributed by atoms with Gasteiger partial charge in [-0.05, 0) is 6.42 Å². The SMILES string of the molecule is Cn1c(-c2nc(C3CCOC3)no2)cc(=O)n(C)c1=O. The van der Waals surface area contributed by atoms with E-state index in [0.29, 0.717) is 24.7 Å². The summed E-state index contributed by atoms with van der Waals surface area (Å²) in [6.07, 6.45) is 0.842. The van der Waals surface area contributed by atoms with Crippen molar-refractivity contribution in [3.63, 3.8) is 0 Å². The fourth-order valence-corrected chi connectivity index (χ4v) is 2.18. The van der Waals surface area contributed by atoms with E-state index in [1.807, 2.05) is 0 Å². The first-order chi connectivity index (χ1) is 9.58. The summed E-state index contributed by atoms with van der Waals surface area (Å²) in [5.41, 5.74) is -0.528. The quantitative estimate of drug-likeness (QED) is 0.744. The average Bonchev–Trinajstić information content (AvgIpc) is 3.10. The highest BCUT2D eigenvalue weighted by atomic mass is 16.5. The Morgan fingerprint density at radius 2 is 2.10 bits per heavy atom. The van der Waals surface area contributed by atoms with Crippen molar-refractivity contribution in [3.8, 4) is 11.6 Å². The molecule has 8 nitrogen and oxygen atoms in total. The van der Waals surface area contributed by atoms with Gasteiger partial charge in [0.15, 0.2) is 5.82 Å². The third kappa shape index (κ3) is 1.97. The van der Waals surface area contributed by atoms with Crippen molar-refractivity contribution >= 4 is 0 Å². The number of aromatic nitrogens is 4. The van der Waals surface area contributed by atoms with Gasteiger partial charge < -0.3 is 9.26 Å². The molecular weight excluding hydrogens is 264 g/mol. The van der Waals surface area contributed by atoms with Crippen molar-refractivity contribution in [2.45, 2.75) is 12.3 Å². The molecule has 106 valence electrons. The lowest BCUT2D eigenvalue weighted by molar-refractivity contribution is 0.192. The molecule has 1 unspecified atom stereocenters. The lowest BCUT2D eigenvalue weighted by atomic mass is 10.1. The molecule has 2 aromatic heterocycles. The molecule has 0 amide bonds. The van der Waals surface area contributed by atoms with Gasteiger partial charge in [0.1, 0.15) is 5.69 Å². The second kappa shape index (κ2) is 4.71. The summed E-state index contributed by atoms with van der Waals surface area (Å²) >= 11 is 0. The van der Waals surface area contributed by atoms with Crippen LogP contribution in [0.4, 0.5) is 0 Å². The Morgan fingerprint density at radius 3 is 2.80 bits per heavy atom. The first-order valence-corrected chi connectivity index (χ1v) is 6.26. The summed E-state index contributed by atoms with van der Waals surface area (Å²) in [5.74, 6) is 0.825. The molecule has 0 N–H and O–H groups in total. The first-order valence-electron chi connectivity index (χ1n) is 6.26. The van der Waals surface area contributed by atoms with E-state index in [1.54, 1.807) is 7.05 Å². The molecule has 8 heteroatoms. The lowest BCUT2D eigenvalue weighted by Crippen LogP contribution is -2.37. The third-order valence-corrected chi connectivity index (χ3v) is 3.48. The summed E-state index contributed by atoms with van der Waals surface area (Å²) in [7, 11) is 2.98. The van der Waals surface area contributed by atoms with Crippen molar-refractivity contribution in [3.05, 3.63) is 32.7 Å². The van der Waals surface area contributed by atoms with Gasteiger partial charge in [-0.15, -0.1) is 0 Å². The van der Waals surface area contributed by atoms with Gasteiger partial charge in [0.05, 0.1) is 6.61 Å². The molecule has 3 heterocycles. The fourth-order valence-electron chi connectivity index (χ4n) is 2.18. The molecular formula is C12H14N4O4. The smallest absolute Gasteiger partial charge is 0.331 e. The Hall–Kier alpha value is -2.22. The summed E-state index contributed by atoms with van der Waals surface area (Å²) in [4.78, 5) is 27.8. The molecule has 1 atom stereocenters. The van der Waals surface area contributed by atoms with E-state index < -0.39 is 11.2 Å². The second-order valence-corrected chi connectivity index (χ2v) is 4.79. The third-order valence-electron chi connectivity index (χ3n) is 3.48. The van der Waals surface area contributed by atoms with Crippen LogP contribution in [0, 0.1) is 0 Å². The number of hydrogen-bond acceptors (Lipinski definition) is 6. The van der Waals surface area contributed by atoms with Gasteiger partial charge in [-0.2, -0.15) is 4.98 Å². The average molecular weight is 278 g/mol. The fraction of sp³-hybridized carbons (Fsp3) is 0.500. The molecule has 0 spiro atoms. The molecule has 1 aliphatic heterocycles.